The average Bonchev–Trinajstić information content (AvgIpc) is 2.89. The summed E-state index contributed by atoms with van der Waals surface area (Å²) in [4.78, 5) is 2.60. The minimum Gasteiger partial charge on any atom is -0.486 e. The van der Waals surface area contributed by atoms with Gasteiger partial charge < -0.3 is 15.0 Å². The van der Waals surface area contributed by atoms with E-state index in [1.54, 1.807) is 0 Å². The van der Waals surface area contributed by atoms with E-state index in [9.17, 15) is 0 Å². The van der Waals surface area contributed by atoms with Crippen LogP contribution in [0.3, 0.4) is 0 Å². The molecule has 1 aromatic rings. The van der Waals surface area contributed by atoms with Crippen molar-refractivity contribution in [2.45, 2.75) is 37.8 Å². The smallest absolute Gasteiger partial charge is 0.124 e. The SMILES string of the molecule is CCNC1CC2(CCN3CCC2C3)Oc2ccccc21. The molecule has 1 N–H and O–H groups in total. The van der Waals surface area contributed by atoms with Crippen LogP contribution in [0.2, 0.25) is 0 Å². The van der Waals surface area contributed by atoms with Crippen LogP contribution in [-0.4, -0.2) is 36.7 Å². The molecule has 2 saturated heterocycles. The number of benzene rings is 1. The van der Waals surface area contributed by atoms with Crippen LogP contribution in [0.25, 0.3) is 0 Å². The van der Waals surface area contributed by atoms with Gasteiger partial charge in [0.15, 0.2) is 0 Å². The molecule has 0 saturated carbocycles. The Bertz CT molecular complexity index is 504. The molecule has 20 heavy (non-hydrogen) atoms. The molecule has 2 fully saturated rings. The van der Waals surface area contributed by atoms with E-state index in [4.69, 9.17) is 4.74 Å². The van der Waals surface area contributed by atoms with Crippen LogP contribution in [0.1, 0.15) is 37.8 Å². The fourth-order valence-electron chi connectivity index (χ4n) is 4.43. The number of fused-ring (bicyclic) bond motifs is 4. The van der Waals surface area contributed by atoms with E-state index >= 15 is 0 Å². The third-order valence-electron chi connectivity index (χ3n) is 5.48. The lowest BCUT2D eigenvalue weighted by Crippen LogP contribution is -2.54. The summed E-state index contributed by atoms with van der Waals surface area (Å²) in [6.07, 6.45) is 3.63. The topological polar surface area (TPSA) is 24.5 Å². The van der Waals surface area contributed by atoms with Gasteiger partial charge in [0.25, 0.3) is 0 Å². The van der Waals surface area contributed by atoms with Crippen molar-refractivity contribution in [2.75, 3.05) is 26.2 Å². The lowest BCUT2D eigenvalue weighted by Gasteiger charge is -2.48. The second kappa shape index (κ2) is 4.74. The van der Waals surface area contributed by atoms with Crippen molar-refractivity contribution in [1.29, 1.82) is 0 Å². The zero-order chi connectivity index (χ0) is 13.6. The Balaban J connectivity index is 1.70. The van der Waals surface area contributed by atoms with Gasteiger partial charge in [-0.1, -0.05) is 25.1 Å². The molecule has 4 rings (SSSR count). The molecule has 0 aromatic heterocycles. The predicted octanol–water partition coefficient (Wildman–Crippen LogP) is 2.58. The lowest BCUT2D eigenvalue weighted by atomic mass is 9.74. The quantitative estimate of drug-likeness (QED) is 0.895. The monoisotopic (exact) mass is 272 g/mol. The van der Waals surface area contributed by atoms with Crippen molar-refractivity contribution in [1.82, 2.24) is 10.2 Å². The summed E-state index contributed by atoms with van der Waals surface area (Å²) < 4.78 is 6.60. The van der Waals surface area contributed by atoms with Gasteiger partial charge in [-0.2, -0.15) is 0 Å². The summed E-state index contributed by atoms with van der Waals surface area (Å²) in [5, 5.41) is 3.68. The standard InChI is InChI=1S/C17H24N2O/c1-2-18-15-11-17(8-10-19-9-7-13(17)12-19)20-16-6-4-3-5-14(15)16/h3-6,13,15,18H,2,7-12H2,1H3. The highest BCUT2D eigenvalue weighted by atomic mass is 16.5. The van der Waals surface area contributed by atoms with E-state index in [1.165, 1.54) is 38.0 Å². The molecule has 3 nitrogen and oxygen atoms in total. The predicted molar refractivity (Wildman–Crippen MR) is 80.0 cm³/mol. The Morgan fingerprint density at radius 2 is 2.25 bits per heavy atom. The van der Waals surface area contributed by atoms with E-state index in [0.29, 0.717) is 12.0 Å². The van der Waals surface area contributed by atoms with Crippen LogP contribution in [0.15, 0.2) is 24.3 Å². The van der Waals surface area contributed by atoms with E-state index in [2.05, 4.69) is 41.4 Å². The Morgan fingerprint density at radius 3 is 3.15 bits per heavy atom. The fraction of sp³-hybridized carbons (Fsp3) is 0.647. The van der Waals surface area contributed by atoms with Gasteiger partial charge in [-0.25, -0.2) is 0 Å². The maximum absolute atomic E-state index is 6.60. The minimum atomic E-state index is 0.0776. The van der Waals surface area contributed by atoms with Crippen molar-refractivity contribution >= 4 is 0 Å². The second-order valence-electron chi connectivity index (χ2n) is 6.56. The van der Waals surface area contributed by atoms with Crippen LogP contribution in [0.4, 0.5) is 0 Å². The molecular weight excluding hydrogens is 248 g/mol. The van der Waals surface area contributed by atoms with E-state index in [-0.39, 0.29) is 5.60 Å². The van der Waals surface area contributed by atoms with E-state index in [0.717, 1.165) is 18.7 Å². The van der Waals surface area contributed by atoms with Crippen LogP contribution in [0, 0.1) is 5.92 Å². The first-order chi connectivity index (χ1) is 9.81. The highest BCUT2D eigenvalue weighted by Crippen LogP contribution is 2.48. The van der Waals surface area contributed by atoms with E-state index < -0.39 is 0 Å². The lowest BCUT2D eigenvalue weighted by molar-refractivity contribution is -0.0472. The number of ether oxygens (including phenoxy) is 1. The van der Waals surface area contributed by atoms with E-state index in [1.807, 2.05) is 0 Å². The summed E-state index contributed by atoms with van der Waals surface area (Å²) in [6.45, 7) is 6.93. The zero-order valence-corrected chi connectivity index (χ0v) is 12.3. The first-order valence-electron chi connectivity index (χ1n) is 8.04. The first-order valence-corrected chi connectivity index (χ1v) is 8.04. The van der Waals surface area contributed by atoms with Gasteiger partial charge in [0.2, 0.25) is 0 Å². The van der Waals surface area contributed by atoms with Gasteiger partial charge in [0.1, 0.15) is 11.4 Å². The zero-order valence-electron chi connectivity index (χ0n) is 12.3. The summed E-state index contributed by atoms with van der Waals surface area (Å²) >= 11 is 0. The molecule has 3 heteroatoms. The third-order valence-corrected chi connectivity index (χ3v) is 5.48. The summed E-state index contributed by atoms with van der Waals surface area (Å²) in [5.41, 5.74) is 1.43. The van der Waals surface area contributed by atoms with Gasteiger partial charge >= 0.3 is 0 Å². The molecule has 3 aliphatic rings. The molecule has 0 amide bonds. The number of nitrogens with zero attached hydrogens (tertiary/aromatic N) is 1. The largest absolute Gasteiger partial charge is 0.486 e. The van der Waals surface area contributed by atoms with Gasteiger partial charge in [-0.3, -0.25) is 0 Å². The maximum atomic E-state index is 6.60. The molecule has 3 aliphatic heterocycles. The van der Waals surface area contributed by atoms with Crippen molar-refractivity contribution in [3.63, 3.8) is 0 Å². The van der Waals surface area contributed by atoms with Crippen molar-refractivity contribution in [3.8, 4) is 5.75 Å². The molecule has 1 aromatic carbocycles. The molecule has 0 radical (unpaired) electrons. The molecule has 2 bridgehead atoms. The van der Waals surface area contributed by atoms with Crippen LogP contribution < -0.4 is 10.1 Å². The van der Waals surface area contributed by atoms with Gasteiger partial charge in [-0.15, -0.1) is 0 Å². The van der Waals surface area contributed by atoms with Gasteiger partial charge in [0.05, 0.1) is 0 Å². The normalized spacial score (nSPS) is 38.5. The number of piperidine rings is 1. The summed E-state index contributed by atoms with van der Waals surface area (Å²) in [6, 6.07) is 9.06. The number of hydrogen-bond donors (Lipinski definition) is 1. The van der Waals surface area contributed by atoms with Crippen LogP contribution in [0.5, 0.6) is 5.75 Å². The number of hydrogen-bond acceptors (Lipinski definition) is 3. The third kappa shape index (κ3) is 1.87. The van der Waals surface area contributed by atoms with Crippen molar-refractivity contribution < 1.29 is 4.74 Å². The van der Waals surface area contributed by atoms with Gasteiger partial charge in [-0.05, 0) is 25.6 Å². The highest BCUT2D eigenvalue weighted by Gasteiger charge is 2.51. The molecule has 4 atom stereocenters. The molecular formula is C17H24N2O. The number of rotatable bonds is 2. The van der Waals surface area contributed by atoms with Gasteiger partial charge in [0, 0.05) is 43.5 Å². The fourth-order valence-corrected chi connectivity index (χ4v) is 4.43. The molecule has 1 spiro atoms. The molecule has 0 aliphatic carbocycles. The van der Waals surface area contributed by atoms with Crippen LogP contribution in [-0.2, 0) is 0 Å². The maximum Gasteiger partial charge on any atom is 0.124 e. The minimum absolute atomic E-state index is 0.0776. The molecule has 4 unspecified atom stereocenters. The summed E-state index contributed by atoms with van der Waals surface area (Å²) in [7, 11) is 0. The Labute approximate surface area is 121 Å². The summed E-state index contributed by atoms with van der Waals surface area (Å²) in [5.74, 6) is 1.83. The Kier molecular flexibility index (Phi) is 3.00. The molecule has 3 heterocycles. The Hall–Kier alpha value is -1.06. The second-order valence-corrected chi connectivity index (χ2v) is 6.56. The average molecular weight is 272 g/mol. The van der Waals surface area contributed by atoms with Crippen molar-refractivity contribution in [2.24, 2.45) is 5.92 Å². The Morgan fingerprint density at radius 1 is 1.35 bits per heavy atom. The number of nitrogens with one attached hydrogen (secondary N) is 1. The number of para-hydroxylation sites is 1. The highest BCUT2D eigenvalue weighted by molar-refractivity contribution is 5.39. The molecule has 108 valence electrons. The van der Waals surface area contributed by atoms with Crippen LogP contribution >= 0.6 is 0 Å². The first kappa shape index (κ1) is 12.7. The van der Waals surface area contributed by atoms with Crippen molar-refractivity contribution in [3.05, 3.63) is 29.8 Å².